The van der Waals surface area contributed by atoms with Crippen molar-refractivity contribution in [3.8, 4) is 22.1 Å². The minimum atomic E-state index is -0.459. The Balaban J connectivity index is 1.65. The molecule has 0 bridgehead atoms. The van der Waals surface area contributed by atoms with Crippen LogP contribution >= 0.6 is 11.3 Å². The van der Waals surface area contributed by atoms with Gasteiger partial charge >= 0.3 is 5.63 Å². The Morgan fingerprint density at radius 1 is 0.963 bits per heavy atom. The van der Waals surface area contributed by atoms with Gasteiger partial charge in [0.15, 0.2) is 5.01 Å². The van der Waals surface area contributed by atoms with E-state index in [-0.39, 0.29) is 0 Å². The Labute approximate surface area is 158 Å². The molecule has 136 valence electrons. The lowest BCUT2D eigenvalue weighted by atomic mass is 10.2. The standard InChI is InChI=1S/C19H15N3O4S/c1-24-13-5-3-12(4-6-13)20-19-22-21-17(27-19)15-10-11-9-14(25-2)7-8-16(11)26-18(15)23/h3-10H,1-2H3,(H,20,22). The van der Waals surface area contributed by atoms with E-state index >= 15 is 0 Å². The molecule has 27 heavy (non-hydrogen) atoms. The van der Waals surface area contributed by atoms with Crippen molar-refractivity contribution in [1.82, 2.24) is 10.2 Å². The van der Waals surface area contributed by atoms with Gasteiger partial charge in [0.2, 0.25) is 5.13 Å². The molecule has 0 amide bonds. The zero-order chi connectivity index (χ0) is 18.8. The van der Waals surface area contributed by atoms with E-state index in [0.717, 1.165) is 16.8 Å². The number of nitrogens with one attached hydrogen (secondary N) is 1. The van der Waals surface area contributed by atoms with E-state index < -0.39 is 5.63 Å². The first-order chi connectivity index (χ1) is 13.2. The summed E-state index contributed by atoms with van der Waals surface area (Å²) < 4.78 is 15.8. The normalized spacial score (nSPS) is 10.7. The highest BCUT2D eigenvalue weighted by molar-refractivity contribution is 7.18. The molecule has 1 N–H and O–H groups in total. The van der Waals surface area contributed by atoms with Gasteiger partial charge in [-0.15, -0.1) is 10.2 Å². The van der Waals surface area contributed by atoms with Crippen LogP contribution in [0, 0.1) is 0 Å². The van der Waals surface area contributed by atoms with Crippen molar-refractivity contribution >= 4 is 33.1 Å². The second kappa shape index (κ2) is 7.08. The summed E-state index contributed by atoms with van der Waals surface area (Å²) in [6, 6.07) is 14.4. The summed E-state index contributed by atoms with van der Waals surface area (Å²) in [5.41, 5.74) is 1.23. The van der Waals surface area contributed by atoms with Crippen molar-refractivity contribution in [2.45, 2.75) is 0 Å². The van der Waals surface area contributed by atoms with E-state index in [9.17, 15) is 4.79 Å². The van der Waals surface area contributed by atoms with E-state index in [0.29, 0.717) is 27.0 Å². The average Bonchev–Trinajstić information content (AvgIpc) is 3.16. The van der Waals surface area contributed by atoms with Crippen LogP contribution in [0.25, 0.3) is 21.5 Å². The average molecular weight is 381 g/mol. The van der Waals surface area contributed by atoms with Crippen LogP contribution in [0.1, 0.15) is 0 Å². The molecule has 4 aromatic rings. The van der Waals surface area contributed by atoms with Crippen molar-refractivity contribution in [3.63, 3.8) is 0 Å². The molecular weight excluding hydrogens is 366 g/mol. The topological polar surface area (TPSA) is 86.5 Å². The summed E-state index contributed by atoms with van der Waals surface area (Å²) in [7, 11) is 3.20. The molecule has 8 heteroatoms. The number of hydrogen-bond acceptors (Lipinski definition) is 8. The van der Waals surface area contributed by atoms with Gasteiger partial charge in [-0.1, -0.05) is 11.3 Å². The highest BCUT2D eigenvalue weighted by Gasteiger charge is 2.14. The fraction of sp³-hybridized carbons (Fsp3) is 0.105. The summed E-state index contributed by atoms with van der Waals surface area (Å²) in [5, 5.41) is 13.2. The summed E-state index contributed by atoms with van der Waals surface area (Å²) in [6.07, 6.45) is 0. The Bertz CT molecular complexity index is 1150. The van der Waals surface area contributed by atoms with Crippen LogP contribution in [0.15, 0.2) is 57.7 Å². The number of ether oxygens (including phenoxy) is 2. The Morgan fingerprint density at radius 3 is 2.44 bits per heavy atom. The number of fused-ring (bicyclic) bond motifs is 1. The Morgan fingerprint density at radius 2 is 1.70 bits per heavy atom. The van der Waals surface area contributed by atoms with Gasteiger partial charge in [-0.05, 0) is 48.5 Å². The maximum atomic E-state index is 12.3. The number of hydrogen-bond donors (Lipinski definition) is 1. The zero-order valence-electron chi connectivity index (χ0n) is 14.6. The summed E-state index contributed by atoms with van der Waals surface area (Å²) in [5.74, 6) is 1.45. The fourth-order valence-corrected chi connectivity index (χ4v) is 3.33. The molecule has 0 aliphatic heterocycles. The van der Waals surface area contributed by atoms with E-state index in [1.54, 1.807) is 38.5 Å². The van der Waals surface area contributed by atoms with Gasteiger partial charge in [-0.3, -0.25) is 0 Å². The maximum Gasteiger partial charge on any atom is 0.346 e. The number of nitrogens with zero attached hydrogens (tertiary/aromatic N) is 2. The SMILES string of the molecule is COc1ccc(Nc2nnc(-c3cc4cc(OC)ccc4oc3=O)s2)cc1. The Kier molecular flexibility index (Phi) is 4.47. The quantitative estimate of drug-likeness (QED) is 0.521. The van der Waals surface area contributed by atoms with Crippen molar-refractivity contribution in [2.75, 3.05) is 19.5 Å². The van der Waals surface area contributed by atoms with E-state index in [1.165, 1.54) is 11.3 Å². The molecule has 0 radical (unpaired) electrons. The predicted octanol–water partition coefficient (Wildman–Crippen LogP) is 4.07. The number of anilines is 2. The Hall–Kier alpha value is -3.39. The van der Waals surface area contributed by atoms with Crippen LogP contribution in [0.5, 0.6) is 11.5 Å². The summed E-state index contributed by atoms with van der Waals surface area (Å²) in [6.45, 7) is 0. The molecule has 0 atom stereocenters. The van der Waals surface area contributed by atoms with Crippen LogP contribution in [0.3, 0.4) is 0 Å². The predicted molar refractivity (Wildman–Crippen MR) is 104 cm³/mol. The zero-order valence-corrected chi connectivity index (χ0v) is 15.4. The smallest absolute Gasteiger partial charge is 0.346 e. The lowest BCUT2D eigenvalue weighted by Gasteiger charge is -2.03. The first kappa shape index (κ1) is 17.0. The van der Waals surface area contributed by atoms with Crippen LogP contribution in [-0.4, -0.2) is 24.4 Å². The van der Waals surface area contributed by atoms with Gasteiger partial charge in [0.1, 0.15) is 17.1 Å². The lowest BCUT2D eigenvalue weighted by Crippen LogP contribution is -2.02. The van der Waals surface area contributed by atoms with Crippen molar-refractivity contribution in [1.29, 1.82) is 0 Å². The van der Waals surface area contributed by atoms with Crippen molar-refractivity contribution in [3.05, 3.63) is 59.0 Å². The summed E-state index contributed by atoms with van der Waals surface area (Å²) in [4.78, 5) is 12.3. The second-order valence-corrected chi connectivity index (χ2v) is 6.59. The molecule has 0 aliphatic rings. The first-order valence-electron chi connectivity index (χ1n) is 8.03. The highest BCUT2D eigenvalue weighted by atomic mass is 32.1. The third kappa shape index (κ3) is 3.47. The lowest BCUT2D eigenvalue weighted by molar-refractivity contribution is 0.415. The van der Waals surface area contributed by atoms with E-state index in [4.69, 9.17) is 13.9 Å². The molecule has 2 aromatic heterocycles. The number of benzene rings is 2. The number of rotatable bonds is 5. The summed E-state index contributed by atoms with van der Waals surface area (Å²) >= 11 is 1.27. The van der Waals surface area contributed by atoms with Gasteiger partial charge in [0.05, 0.1) is 19.8 Å². The molecule has 0 saturated heterocycles. The molecule has 0 unspecified atom stereocenters. The van der Waals surface area contributed by atoms with Gasteiger partial charge in [-0.2, -0.15) is 0 Å². The second-order valence-electron chi connectivity index (χ2n) is 5.62. The first-order valence-corrected chi connectivity index (χ1v) is 8.85. The van der Waals surface area contributed by atoms with Crippen molar-refractivity contribution < 1.29 is 13.9 Å². The monoisotopic (exact) mass is 381 g/mol. The van der Waals surface area contributed by atoms with Crippen LogP contribution in [0.4, 0.5) is 10.8 Å². The fourth-order valence-electron chi connectivity index (χ4n) is 2.56. The molecule has 2 heterocycles. The molecule has 0 spiro atoms. The largest absolute Gasteiger partial charge is 0.497 e. The molecule has 7 nitrogen and oxygen atoms in total. The minimum Gasteiger partial charge on any atom is -0.497 e. The highest BCUT2D eigenvalue weighted by Crippen LogP contribution is 2.29. The maximum absolute atomic E-state index is 12.3. The van der Waals surface area contributed by atoms with Gasteiger partial charge < -0.3 is 19.2 Å². The number of methoxy groups -OCH3 is 2. The minimum absolute atomic E-state index is 0.357. The molecule has 2 aromatic carbocycles. The molecular formula is C19H15N3O4S. The number of aromatic nitrogens is 2. The molecule has 0 aliphatic carbocycles. The van der Waals surface area contributed by atoms with E-state index in [1.807, 2.05) is 24.3 Å². The third-order valence-electron chi connectivity index (χ3n) is 3.94. The molecule has 0 fully saturated rings. The van der Waals surface area contributed by atoms with Gasteiger partial charge in [0.25, 0.3) is 0 Å². The third-order valence-corrected chi connectivity index (χ3v) is 4.81. The van der Waals surface area contributed by atoms with E-state index in [2.05, 4.69) is 15.5 Å². The van der Waals surface area contributed by atoms with Gasteiger partial charge in [0, 0.05) is 11.1 Å². The van der Waals surface area contributed by atoms with Crippen LogP contribution in [0.2, 0.25) is 0 Å². The van der Waals surface area contributed by atoms with Crippen LogP contribution in [-0.2, 0) is 0 Å². The molecule has 0 saturated carbocycles. The molecule has 4 rings (SSSR count). The van der Waals surface area contributed by atoms with Crippen molar-refractivity contribution in [2.24, 2.45) is 0 Å². The van der Waals surface area contributed by atoms with Gasteiger partial charge in [-0.25, -0.2) is 4.79 Å². The van der Waals surface area contributed by atoms with Crippen LogP contribution < -0.4 is 20.4 Å².